The third-order valence-corrected chi connectivity index (χ3v) is 6.10. The van der Waals surface area contributed by atoms with E-state index in [4.69, 9.17) is 4.74 Å². The van der Waals surface area contributed by atoms with E-state index in [1.165, 1.54) is 0 Å². The third-order valence-electron chi connectivity index (χ3n) is 6.10. The van der Waals surface area contributed by atoms with Crippen LogP contribution in [0, 0.1) is 11.3 Å². The van der Waals surface area contributed by atoms with E-state index in [2.05, 4.69) is 13.8 Å². The highest BCUT2D eigenvalue weighted by Crippen LogP contribution is 2.35. The molecule has 5 nitrogen and oxygen atoms in total. The van der Waals surface area contributed by atoms with Gasteiger partial charge in [-0.2, -0.15) is 0 Å². The van der Waals surface area contributed by atoms with Gasteiger partial charge in [-0.25, -0.2) is 0 Å². The van der Waals surface area contributed by atoms with Gasteiger partial charge in [-0.15, -0.1) is 0 Å². The lowest BCUT2D eigenvalue weighted by molar-refractivity contribution is -0.141. The first-order valence-corrected chi connectivity index (χ1v) is 11.6. The number of para-hydroxylation sites is 1. The molecule has 1 aliphatic heterocycles. The van der Waals surface area contributed by atoms with Crippen LogP contribution in [0.25, 0.3) is 0 Å². The standard InChI is InChI=1S/C27H36N2O3/c1-22(2)17-25(30)29-16-10-15-27(20-29,21-32-24-13-8-5-9-14-24)18-26(31)28(3)19-23-11-6-4-7-12-23/h4-9,11-14,22H,10,15-21H2,1-3H3. The van der Waals surface area contributed by atoms with E-state index in [0.717, 1.165) is 30.7 Å². The number of nitrogens with zero attached hydrogens (tertiary/aromatic N) is 2. The van der Waals surface area contributed by atoms with Crippen LogP contribution in [-0.2, 0) is 16.1 Å². The Morgan fingerprint density at radius 1 is 1.06 bits per heavy atom. The molecule has 1 heterocycles. The molecular weight excluding hydrogens is 400 g/mol. The van der Waals surface area contributed by atoms with Crippen molar-refractivity contribution in [3.63, 3.8) is 0 Å². The van der Waals surface area contributed by atoms with Gasteiger partial charge in [0.25, 0.3) is 0 Å². The summed E-state index contributed by atoms with van der Waals surface area (Å²) in [4.78, 5) is 29.8. The molecule has 1 fully saturated rings. The zero-order valence-corrected chi connectivity index (χ0v) is 19.6. The van der Waals surface area contributed by atoms with Crippen LogP contribution in [0.1, 0.15) is 45.1 Å². The summed E-state index contributed by atoms with van der Waals surface area (Å²) in [6.45, 7) is 6.45. The quantitative estimate of drug-likeness (QED) is 0.569. The summed E-state index contributed by atoms with van der Waals surface area (Å²) in [5.41, 5.74) is 0.721. The number of benzene rings is 2. The highest BCUT2D eigenvalue weighted by atomic mass is 16.5. The molecule has 1 atom stereocenters. The number of likely N-dealkylation sites (tertiary alicyclic amines) is 1. The molecule has 0 saturated carbocycles. The van der Waals surface area contributed by atoms with Crippen LogP contribution in [-0.4, -0.2) is 48.4 Å². The Morgan fingerprint density at radius 2 is 1.72 bits per heavy atom. The molecule has 2 amide bonds. The normalized spacial score (nSPS) is 18.4. The van der Waals surface area contributed by atoms with Gasteiger partial charge in [-0.1, -0.05) is 62.4 Å². The molecular formula is C27H36N2O3. The van der Waals surface area contributed by atoms with Gasteiger partial charge in [0.05, 0.1) is 6.61 Å². The summed E-state index contributed by atoms with van der Waals surface area (Å²) in [6, 6.07) is 19.7. The molecule has 2 aromatic rings. The van der Waals surface area contributed by atoms with Crippen molar-refractivity contribution in [3.05, 3.63) is 66.2 Å². The van der Waals surface area contributed by atoms with Crippen molar-refractivity contribution in [3.8, 4) is 5.75 Å². The zero-order valence-electron chi connectivity index (χ0n) is 19.6. The van der Waals surface area contributed by atoms with Crippen LogP contribution in [0.4, 0.5) is 0 Å². The lowest BCUT2D eigenvalue weighted by Gasteiger charge is -2.43. The smallest absolute Gasteiger partial charge is 0.223 e. The number of ether oxygens (including phenoxy) is 1. The van der Waals surface area contributed by atoms with E-state index in [1.807, 2.05) is 72.6 Å². The molecule has 2 aromatic carbocycles. The second-order valence-corrected chi connectivity index (χ2v) is 9.53. The van der Waals surface area contributed by atoms with Crippen molar-refractivity contribution in [2.75, 3.05) is 26.7 Å². The van der Waals surface area contributed by atoms with Crippen LogP contribution in [0.2, 0.25) is 0 Å². The number of amides is 2. The average molecular weight is 437 g/mol. The Morgan fingerprint density at radius 3 is 2.38 bits per heavy atom. The van der Waals surface area contributed by atoms with E-state index in [1.54, 1.807) is 4.90 Å². The SMILES string of the molecule is CC(C)CC(=O)N1CCCC(COc2ccccc2)(CC(=O)N(C)Cc2ccccc2)C1. The Hall–Kier alpha value is -2.82. The van der Waals surface area contributed by atoms with Crippen LogP contribution in [0.5, 0.6) is 5.75 Å². The molecule has 32 heavy (non-hydrogen) atoms. The summed E-state index contributed by atoms with van der Waals surface area (Å²) >= 11 is 0. The van der Waals surface area contributed by atoms with E-state index >= 15 is 0 Å². The monoisotopic (exact) mass is 436 g/mol. The zero-order chi connectivity index (χ0) is 23.0. The maximum atomic E-state index is 13.3. The van der Waals surface area contributed by atoms with Crippen LogP contribution in [0.3, 0.4) is 0 Å². The predicted octanol–water partition coefficient (Wildman–Crippen LogP) is 4.77. The number of hydrogen-bond donors (Lipinski definition) is 0. The van der Waals surface area contributed by atoms with Gasteiger partial charge >= 0.3 is 0 Å². The van der Waals surface area contributed by atoms with Crippen molar-refractivity contribution in [1.29, 1.82) is 0 Å². The average Bonchev–Trinajstić information content (AvgIpc) is 2.79. The lowest BCUT2D eigenvalue weighted by atomic mass is 9.77. The molecule has 0 bridgehead atoms. The number of carbonyl (C=O) groups excluding carboxylic acids is 2. The number of carbonyl (C=O) groups is 2. The fourth-order valence-corrected chi connectivity index (χ4v) is 4.37. The second-order valence-electron chi connectivity index (χ2n) is 9.53. The number of hydrogen-bond acceptors (Lipinski definition) is 3. The van der Waals surface area contributed by atoms with Gasteiger partial charge in [-0.05, 0) is 36.5 Å². The van der Waals surface area contributed by atoms with Gasteiger partial charge in [0.15, 0.2) is 0 Å². The summed E-state index contributed by atoms with van der Waals surface area (Å²) in [5, 5.41) is 0. The fourth-order valence-electron chi connectivity index (χ4n) is 4.37. The fraction of sp³-hybridized carbons (Fsp3) is 0.481. The van der Waals surface area contributed by atoms with E-state index in [0.29, 0.717) is 38.5 Å². The third kappa shape index (κ3) is 6.84. The summed E-state index contributed by atoms with van der Waals surface area (Å²) in [6.07, 6.45) is 2.67. The van der Waals surface area contributed by atoms with Crippen molar-refractivity contribution in [2.24, 2.45) is 11.3 Å². The molecule has 0 aromatic heterocycles. The minimum atomic E-state index is -0.386. The van der Waals surface area contributed by atoms with Crippen molar-refractivity contribution >= 4 is 11.8 Å². The molecule has 1 aliphatic rings. The van der Waals surface area contributed by atoms with Gasteiger partial charge < -0.3 is 14.5 Å². The first-order chi connectivity index (χ1) is 15.4. The van der Waals surface area contributed by atoms with Gasteiger partial charge in [0.1, 0.15) is 5.75 Å². The summed E-state index contributed by atoms with van der Waals surface area (Å²) in [5.74, 6) is 1.37. The maximum Gasteiger partial charge on any atom is 0.223 e. The molecule has 3 rings (SSSR count). The molecule has 172 valence electrons. The largest absolute Gasteiger partial charge is 0.493 e. The Balaban J connectivity index is 1.73. The predicted molar refractivity (Wildman–Crippen MR) is 127 cm³/mol. The first kappa shape index (κ1) is 23.8. The van der Waals surface area contributed by atoms with E-state index < -0.39 is 0 Å². The van der Waals surface area contributed by atoms with Crippen molar-refractivity contribution < 1.29 is 14.3 Å². The Kier molecular flexibility index (Phi) is 8.32. The second kappa shape index (κ2) is 11.2. The summed E-state index contributed by atoms with van der Waals surface area (Å²) < 4.78 is 6.15. The molecule has 0 N–H and O–H groups in total. The maximum absolute atomic E-state index is 13.3. The molecule has 0 radical (unpaired) electrons. The minimum Gasteiger partial charge on any atom is -0.493 e. The topological polar surface area (TPSA) is 49.9 Å². The van der Waals surface area contributed by atoms with E-state index in [-0.39, 0.29) is 17.2 Å². The van der Waals surface area contributed by atoms with Gasteiger partial charge in [0.2, 0.25) is 11.8 Å². The summed E-state index contributed by atoms with van der Waals surface area (Å²) in [7, 11) is 1.85. The van der Waals surface area contributed by atoms with Crippen molar-refractivity contribution in [2.45, 2.75) is 46.1 Å². The highest BCUT2D eigenvalue weighted by molar-refractivity contribution is 5.78. The first-order valence-electron chi connectivity index (χ1n) is 11.6. The molecule has 0 aliphatic carbocycles. The van der Waals surface area contributed by atoms with Gasteiger partial charge in [0, 0.05) is 44.9 Å². The molecule has 0 spiro atoms. The Labute approximate surface area is 192 Å². The molecule has 1 unspecified atom stereocenters. The lowest BCUT2D eigenvalue weighted by Crippen LogP contribution is -2.50. The van der Waals surface area contributed by atoms with Crippen LogP contribution < -0.4 is 4.74 Å². The van der Waals surface area contributed by atoms with Crippen molar-refractivity contribution in [1.82, 2.24) is 9.80 Å². The van der Waals surface area contributed by atoms with Crippen LogP contribution in [0.15, 0.2) is 60.7 Å². The minimum absolute atomic E-state index is 0.0867. The highest BCUT2D eigenvalue weighted by Gasteiger charge is 2.40. The number of piperidine rings is 1. The molecule has 5 heteroatoms. The molecule has 1 saturated heterocycles. The Bertz CT molecular complexity index is 869. The van der Waals surface area contributed by atoms with Crippen LogP contribution >= 0.6 is 0 Å². The van der Waals surface area contributed by atoms with E-state index in [9.17, 15) is 9.59 Å². The number of rotatable bonds is 9. The van der Waals surface area contributed by atoms with Gasteiger partial charge in [-0.3, -0.25) is 9.59 Å².